The molecular weight excluding hydrogens is 328 g/mol. The van der Waals surface area contributed by atoms with Gasteiger partial charge >= 0.3 is 0 Å². The van der Waals surface area contributed by atoms with Crippen molar-refractivity contribution < 1.29 is 9.15 Å². The zero-order valence-electron chi connectivity index (χ0n) is 13.3. The Labute approximate surface area is 141 Å². The van der Waals surface area contributed by atoms with E-state index in [0.29, 0.717) is 35.0 Å². The Morgan fingerprint density at radius 1 is 1.50 bits per heavy atom. The van der Waals surface area contributed by atoms with Gasteiger partial charge in [-0.05, 0) is 31.5 Å². The van der Waals surface area contributed by atoms with Crippen molar-refractivity contribution in [3.8, 4) is 0 Å². The molecule has 0 saturated heterocycles. The number of ether oxygens (including phenoxy) is 1. The molecule has 3 aromatic rings. The number of hydrogen-bond donors (Lipinski definition) is 2. The molecule has 7 nitrogen and oxygen atoms in total. The van der Waals surface area contributed by atoms with Gasteiger partial charge in [0.25, 0.3) is 5.56 Å². The van der Waals surface area contributed by atoms with Crippen molar-refractivity contribution in [1.29, 1.82) is 0 Å². The van der Waals surface area contributed by atoms with E-state index in [2.05, 4.69) is 20.5 Å². The summed E-state index contributed by atoms with van der Waals surface area (Å²) in [6.07, 6.45) is 3.78. The van der Waals surface area contributed by atoms with Crippen LogP contribution in [0.5, 0.6) is 0 Å². The fourth-order valence-electron chi connectivity index (χ4n) is 2.73. The van der Waals surface area contributed by atoms with E-state index in [1.54, 1.807) is 18.4 Å². The highest BCUT2D eigenvalue weighted by molar-refractivity contribution is 7.18. The zero-order valence-corrected chi connectivity index (χ0v) is 14.1. The van der Waals surface area contributed by atoms with Crippen LogP contribution in [-0.2, 0) is 17.8 Å². The van der Waals surface area contributed by atoms with E-state index in [4.69, 9.17) is 9.15 Å². The van der Waals surface area contributed by atoms with Crippen LogP contribution in [0.1, 0.15) is 30.0 Å². The molecule has 1 aliphatic rings. The predicted molar refractivity (Wildman–Crippen MR) is 92.7 cm³/mol. The average molecular weight is 344 g/mol. The third-order valence-electron chi connectivity index (χ3n) is 3.85. The minimum atomic E-state index is -0.266. The maximum Gasteiger partial charge on any atom is 0.261 e. The SMILES string of the molecule is CC1(C)Cc2c(sc3nc(N/N=C\c4ccco4)[nH]c(=O)c23)CO1. The number of nitrogens with one attached hydrogen (secondary N) is 2. The van der Waals surface area contributed by atoms with Gasteiger partial charge in [-0.25, -0.2) is 10.4 Å². The van der Waals surface area contributed by atoms with Gasteiger partial charge in [-0.1, -0.05) is 0 Å². The van der Waals surface area contributed by atoms with Crippen LogP contribution in [0.3, 0.4) is 0 Å². The van der Waals surface area contributed by atoms with Crippen LogP contribution in [0.25, 0.3) is 10.2 Å². The van der Waals surface area contributed by atoms with Crippen molar-refractivity contribution in [2.45, 2.75) is 32.5 Å². The zero-order chi connectivity index (χ0) is 16.7. The lowest BCUT2D eigenvalue weighted by Gasteiger charge is -2.29. The summed E-state index contributed by atoms with van der Waals surface area (Å²) in [6, 6.07) is 3.55. The first-order valence-electron chi connectivity index (χ1n) is 7.53. The number of thiophene rings is 1. The van der Waals surface area contributed by atoms with Crippen molar-refractivity contribution in [3.63, 3.8) is 0 Å². The fourth-order valence-corrected chi connectivity index (χ4v) is 3.83. The van der Waals surface area contributed by atoms with E-state index in [0.717, 1.165) is 10.4 Å². The average Bonchev–Trinajstić information content (AvgIpc) is 3.13. The molecule has 0 fully saturated rings. The Morgan fingerprint density at radius 2 is 2.38 bits per heavy atom. The molecule has 0 radical (unpaired) electrons. The van der Waals surface area contributed by atoms with Crippen molar-refractivity contribution in [3.05, 3.63) is 45.0 Å². The summed E-state index contributed by atoms with van der Waals surface area (Å²) in [5.41, 5.74) is 3.35. The van der Waals surface area contributed by atoms with Gasteiger partial charge in [0.2, 0.25) is 5.95 Å². The minimum absolute atomic E-state index is 0.161. The molecule has 0 unspecified atom stereocenters. The first-order valence-corrected chi connectivity index (χ1v) is 8.35. The Bertz CT molecular complexity index is 969. The van der Waals surface area contributed by atoms with E-state index in [1.165, 1.54) is 17.6 Å². The molecule has 0 amide bonds. The molecule has 0 bridgehead atoms. The molecule has 0 atom stereocenters. The molecule has 0 saturated carbocycles. The molecule has 3 aromatic heterocycles. The molecular formula is C16H16N4O3S. The molecule has 0 aromatic carbocycles. The van der Waals surface area contributed by atoms with Crippen molar-refractivity contribution in [1.82, 2.24) is 9.97 Å². The van der Waals surface area contributed by atoms with Crippen LogP contribution < -0.4 is 11.0 Å². The highest BCUT2D eigenvalue weighted by atomic mass is 32.1. The molecule has 24 heavy (non-hydrogen) atoms. The predicted octanol–water partition coefficient (Wildman–Crippen LogP) is 2.87. The van der Waals surface area contributed by atoms with Crippen LogP contribution in [-0.4, -0.2) is 21.8 Å². The van der Waals surface area contributed by atoms with E-state index < -0.39 is 0 Å². The Hall–Kier alpha value is -2.45. The normalized spacial score (nSPS) is 16.6. The summed E-state index contributed by atoms with van der Waals surface area (Å²) in [6.45, 7) is 4.57. The van der Waals surface area contributed by atoms with Crippen molar-refractivity contribution in [2.24, 2.45) is 5.10 Å². The number of H-pyrrole nitrogens is 1. The quantitative estimate of drug-likeness (QED) is 0.563. The van der Waals surface area contributed by atoms with E-state index in [9.17, 15) is 4.79 Å². The van der Waals surface area contributed by atoms with E-state index >= 15 is 0 Å². The summed E-state index contributed by atoms with van der Waals surface area (Å²) in [4.78, 5) is 21.5. The van der Waals surface area contributed by atoms with Gasteiger partial charge in [0.1, 0.15) is 10.6 Å². The minimum Gasteiger partial charge on any atom is -0.463 e. The van der Waals surface area contributed by atoms with Gasteiger partial charge in [-0.15, -0.1) is 11.3 Å². The molecule has 2 N–H and O–H groups in total. The molecule has 4 rings (SSSR count). The summed E-state index contributed by atoms with van der Waals surface area (Å²) < 4.78 is 11.0. The molecule has 0 aliphatic carbocycles. The first kappa shape index (κ1) is 15.1. The maximum atomic E-state index is 12.5. The second kappa shape index (κ2) is 5.57. The highest BCUT2D eigenvalue weighted by Gasteiger charge is 2.30. The lowest BCUT2D eigenvalue weighted by atomic mass is 9.94. The molecule has 0 spiro atoms. The topological polar surface area (TPSA) is 92.5 Å². The fraction of sp³-hybridized carbons (Fsp3) is 0.312. The Kier molecular flexibility index (Phi) is 3.50. The molecule has 124 valence electrons. The molecule has 4 heterocycles. The lowest BCUT2D eigenvalue weighted by molar-refractivity contribution is -0.0379. The number of hydrogen-bond acceptors (Lipinski definition) is 7. The van der Waals surface area contributed by atoms with Crippen LogP contribution in [0.2, 0.25) is 0 Å². The monoisotopic (exact) mass is 344 g/mol. The number of fused-ring (bicyclic) bond motifs is 3. The number of aromatic amines is 1. The van der Waals surface area contributed by atoms with Gasteiger partial charge in [-0.2, -0.15) is 5.10 Å². The van der Waals surface area contributed by atoms with E-state index in [1.807, 2.05) is 13.8 Å². The smallest absolute Gasteiger partial charge is 0.261 e. The second-order valence-electron chi connectivity index (χ2n) is 6.21. The Balaban J connectivity index is 1.67. The van der Waals surface area contributed by atoms with Crippen LogP contribution in [0, 0.1) is 0 Å². The highest BCUT2D eigenvalue weighted by Crippen LogP contribution is 2.36. The largest absolute Gasteiger partial charge is 0.463 e. The molecule has 1 aliphatic heterocycles. The van der Waals surface area contributed by atoms with Gasteiger partial charge < -0.3 is 9.15 Å². The number of nitrogens with zero attached hydrogens (tertiary/aromatic N) is 2. The van der Waals surface area contributed by atoms with Crippen molar-refractivity contribution in [2.75, 3.05) is 5.43 Å². The second-order valence-corrected chi connectivity index (χ2v) is 7.29. The first-order chi connectivity index (χ1) is 11.5. The summed E-state index contributed by atoms with van der Waals surface area (Å²) in [7, 11) is 0. The third kappa shape index (κ3) is 2.74. The number of rotatable bonds is 3. The lowest BCUT2D eigenvalue weighted by Crippen LogP contribution is -2.31. The summed E-state index contributed by atoms with van der Waals surface area (Å²) >= 11 is 1.49. The van der Waals surface area contributed by atoms with E-state index in [-0.39, 0.29) is 11.2 Å². The Morgan fingerprint density at radius 3 is 3.17 bits per heavy atom. The number of aromatic nitrogens is 2. The molecule has 8 heteroatoms. The maximum absolute atomic E-state index is 12.5. The van der Waals surface area contributed by atoms with Crippen LogP contribution >= 0.6 is 11.3 Å². The standard InChI is InChI=1S/C16H16N4O3S/c1-16(2)6-10-11(8-23-16)24-14-12(10)13(21)18-15(19-14)20-17-7-9-4-3-5-22-9/h3-5,7H,6,8H2,1-2H3,(H2,18,19,20,21)/b17-7-. The van der Waals surface area contributed by atoms with Crippen LogP contribution in [0.4, 0.5) is 5.95 Å². The summed E-state index contributed by atoms with van der Waals surface area (Å²) in [5, 5.41) is 4.67. The van der Waals surface area contributed by atoms with Crippen LogP contribution in [0.15, 0.2) is 32.7 Å². The number of anilines is 1. The number of hydrazone groups is 1. The van der Waals surface area contributed by atoms with Gasteiger partial charge in [-0.3, -0.25) is 9.78 Å². The summed E-state index contributed by atoms with van der Waals surface area (Å²) in [5.74, 6) is 0.908. The third-order valence-corrected chi connectivity index (χ3v) is 4.95. The van der Waals surface area contributed by atoms with Gasteiger partial charge in [0, 0.05) is 11.3 Å². The van der Waals surface area contributed by atoms with Crippen molar-refractivity contribution >= 4 is 33.7 Å². The van der Waals surface area contributed by atoms with Gasteiger partial charge in [0.15, 0.2) is 0 Å². The number of furan rings is 1. The van der Waals surface area contributed by atoms with Gasteiger partial charge in [0.05, 0.1) is 30.1 Å².